The van der Waals surface area contributed by atoms with Crippen LogP contribution in [0.3, 0.4) is 0 Å². The van der Waals surface area contributed by atoms with Crippen LogP contribution in [-0.4, -0.2) is 16.3 Å². The van der Waals surface area contributed by atoms with Crippen molar-refractivity contribution in [3.8, 4) is 5.69 Å². The van der Waals surface area contributed by atoms with Crippen LogP contribution in [0.15, 0.2) is 30.5 Å². The van der Waals surface area contributed by atoms with E-state index in [1.54, 1.807) is 0 Å². The second-order valence-electron chi connectivity index (χ2n) is 4.62. The Hall–Kier alpha value is -1.32. The maximum absolute atomic E-state index is 6.06. The molecule has 1 atom stereocenters. The zero-order chi connectivity index (χ0) is 13.8. The summed E-state index contributed by atoms with van der Waals surface area (Å²) in [6.45, 7) is 7.20. The molecule has 3 nitrogen and oxygen atoms in total. The standard InChI is InChI=1S/C15H20ClN3/c1-4-15(17-5-2)12-7-6-8-13(9-12)19-10-14(16)11(3)18-19/h6-10,15,17H,4-5H2,1-3H3. The molecule has 1 N–H and O–H groups in total. The monoisotopic (exact) mass is 277 g/mol. The zero-order valence-corrected chi connectivity index (χ0v) is 12.4. The topological polar surface area (TPSA) is 29.9 Å². The summed E-state index contributed by atoms with van der Waals surface area (Å²) in [4.78, 5) is 0. The minimum absolute atomic E-state index is 0.386. The molecular weight excluding hydrogens is 258 g/mol. The van der Waals surface area contributed by atoms with E-state index < -0.39 is 0 Å². The largest absolute Gasteiger partial charge is 0.310 e. The Bertz CT molecular complexity index is 529. The van der Waals surface area contributed by atoms with Crippen molar-refractivity contribution in [2.75, 3.05) is 6.54 Å². The minimum Gasteiger partial charge on any atom is -0.310 e. The van der Waals surface area contributed by atoms with Crippen molar-refractivity contribution in [3.05, 3.63) is 46.7 Å². The Morgan fingerprint density at radius 1 is 1.37 bits per heavy atom. The summed E-state index contributed by atoms with van der Waals surface area (Å²) in [6, 6.07) is 8.82. The van der Waals surface area contributed by atoms with E-state index in [1.165, 1.54) is 5.56 Å². The number of aryl methyl sites for hydroxylation is 1. The molecule has 2 rings (SSSR count). The number of halogens is 1. The van der Waals surface area contributed by atoms with Crippen molar-refractivity contribution in [1.82, 2.24) is 15.1 Å². The van der Waals surface area contributed by atoms with Gasteiger partial charge in [0.15, 0.2) is 0 Å². The lowest BCUT2D eigenvalue weighted by Crippen LogP contribution is -2.20. The number of nitrogens with one attached hydrogen (secondary N) is 1. The van der Waals surface area contributed by atoms with Crippen molar-refractivity contribution >= 4 is 11.6 Å². The zero-order valence-electron chi connectivity index (χ0n) is 11.7. The van der Waals surface area contributed by atoms with Crippen LogP contribution < -0.4 is 5.32 Å². The Balaban J connectivity index is 2.33. The average Bonchev–Trinajstić information content (AvgIpc) is 2.76. The molecule has 1 aromatic heterocycles. The molecule has 0 saturated carbocycles. The molecule has 0 saturated heterocycles. The fraction of sp³-hybridized carbons (Fsp3) is 0.400. The molecule has 0 aliphatic heterocycles. The van der Waals surface area contributed by atoms with Gasteiger partial charge in [-0.25, -0.2) is 4.68 Å². The normalized spacial score (nSPS) is 12.6. The number of aromatic nitrogens is 2. The molecule has 0 bridgehead atoms. The van der Waals surface area contributed by atoms with E-state index in [4.69, 9.17) is 11.6 Å². The highest BCUT2D eigenvalue weighted by molar-refractivity contribution is 6.31. The van der Waals surface area contributed by atoms with Crippen molar-refractivity contribution in [2.45, 2.75) is 33.2 Å². The molecule has 19 heavy (non-hydrogen) atoms. The van der Waals surface area contributed by atoms with Crippen LogP contribution in [0.4, 0.5) is 0 Å². The summed E-state index contributed by atoms with van der Waals surface area (Å²) in [5.74, 6) is 0. The molecular formula is C15H20ClN3. The second-order valence-corrected chi connectivity index (χ2v) is 5.03. The number of benzene rings is 1. The fourth-order valence-electron chi connectivity index (χ4n) is 2.20. The van der Waals surface area contributed by atoms with Gasteiger partial charge in [-0.3, -0.25) is 0 Å². The van der Waals surface area contributed by atoms with Gasteiger partial charge in [-0.15, -0.1) is 0 Å². The van der Waals surface area contributed by atoms with E-state index in [9.17, 15) is 0 Å². The van der Waals surface area contributed by atoms with Gasteiger partial charge in [-0.1, -0.05) is 37.6 Å². The maximum atomic E-state index is 6.06. The average molecular weight is 278 g/mol. The molecule has 1 aromatic carbocycles. The quantitative estimate of drug-likeness (QED) is 0.898. The van der Waals surface area contributed by atoms with Crippen LogP contribution >= 0.6 is 11.6 Å². The van der Waals surface area contributed by atoms with Gasteiger partial charge in [0.05, 0.1) is 16.4 Å². The molecule has 102 valence electrons. The van der Waals surface area contributed by atoms with Gasteiger partial charge in [0.25, 0.3) is 0 Å². The van der Waals surface area contributed by atoms with Gasteiger partial charge in [0.1, 0.15) is 0 Å². The van der Waals surface area contributed by atoms with Gasteiger partial charge < -0.3 is 5.32 Å². The first-order chi connectivity index (χ1) is 9.15. The van der Waals surface area contributed by atoms with E-state index in [0.29, 0.717) is 11.1 Å². The first-order valence-corrected chi connectivity index (χ1v) is 7.09. The predicted molar refractivity (Wildman–Crippen MR) is 80.0 cm³/mol. The van der Waals surface area contributed by atoms with Crippen molar-refractivity contribution in [2.24, 2.45) is 0 Å². The Labute approximate surface area is 119 Å². The third-order valence-corrected chi connectivity index (χ3v) is 3.61. The number of hydrogen-bond donors (Lipinski definition) is 1. The lowest BCUT2D eigenvalue weighted by molar-refractivity contribution is 0.537. The van der Waals surface area contributed by atoms with Crippen molar-refractivity contribution in [1.29, 1.82) is 0 Å². The summed E-state index contributed by atoms with van der Waals surface area (Å²) in [6.07, 6.45) is 2.92. The smallest absolute Gasteiger partial charge is 0.0819 e. The molecule has 0 aliphatic rings. The summed E-state index contributed by atoms with van der Waals surface area (Å²) < 4.78 is 1.83. The van der Waals surface area contributed by atoms with Gasteiger partial charge in [-0.2, -0.15) is 5.10 Å². The first-order valence-electron chi connectivity index (χ1n) is 6.71. The van der Waals surface area contributed by atoms with E-state index >= 15 is 0 Å². The third kappa shape index (κ3) is 3.17. The maximum Gasteiger partial charge on any atom is 0.0819 e. The van der Waals surface area contributed by atoms with Gasteiger partial charge in [0.2, 0.25) is 0 Å². The van der Waals surface area contributed by atoms with Crippen molar-refractivity contribution in [3.63, 3.8) is 0 Å². The Kier molecular flexibility index (Phi) is 4.61. The van der Waals surface area contributed by atoms with E-state index in [-0.39, 0.29) is 0 Å². The van der Waals surface area contributed by atoms with Crippen LogP contribution in [0.25, 0.3) is 5.69 Å². The Morgan fingerprint density at radius 3 is 2.74 bits per heavy atom. The molecule has 0 radical (unpaired) electrons. The van der Waals surface area contributed by atoms with Gasteiger partial charge >= 0.3 is 0 Å². The molecule has 0 spiro atoms. The van der Waals surface area contributed by atoms with Gasteiger partial charge in [-0.05, 0) is 37.6 Å². The van der Waals surface area contributed by atoms with Crippen LogP contribution in [-0.2, 0) is 0 Å². The molecule has 2 aromatic rings. The highest BCUT2D eigenvalue weighted by Gasteiger charge is 2.10. The summed E-state index contributed by atoms with van der Waals surface area (Å²) in [5, 5.41) is 8.60. The van der Waals surface area contributed by atoms with Crippen LogP contribution in [0, 0.1) is 6.92 Å². The van der Waals surface area contributed by atoms with E-state index in [0.717, 1.165) is 24.3 Å². The highest BCUT2D eigenvalue weighted by atomic mass is 35.5. The first kappa shape index (κ1) is 14.1. The molecule has 0 aliphatic carbocycles. The fourth-order valence-corrected chi connectivity index (χ4v) is 2.33. The lowest BCUT2D eigenvalue weighted by Gasteiger charge is -2.17. The second kappa shape index (κ2) is 6.22. The SMILES string of the molecule is CCNC(CC)c1cccc(-n2cc(Cl)c(C)n2)c1. The van der Waals surface area contributed by atoms with E-state index in [1.807, 2.05) is 23.9 Å². The lowest BCUT2D eigenvalue weighted by atomic mass is 10.0. The molecule has 4 heteroatoms. The molecule has 0 amide bonds. The Morgan fingerprint density at radius 2 is 2.16 bits per heavy atom. The highest BCUT2D eigenvalue weighted by Crippen LogP contribution is 2.21. The summed E-state index contributed by atoms with van der Waals surface area (Å²) in [7, 11) is 0. The summed E-state index contributed by atoms with van der Waals surface area (Å²) >= 11 is 6.06. The molecule has 1 heterocycles. The predicted octanol–water partition coefficient (Wildman–Crippen LogP) is 3.89. The van der Waals surface area contributed by atoms with Crippen LogP contribution in [0.5, 0.6) is 0 Å². The summed E-state index contributed by atoms with van der Waals surface area (Å²) in [5.41, 5.74) is 3.18. The van der Waals surface area contributed by atoms with E-state index in [2.05, 4.69) is 42.5 Å². The van der Waals surface area contributed by atoms with Crippen molar-refractivity contribution < 1.29 is 0 Å². The molecule has 1 unspecified atom stereocenters. The number of rotatable bonds is 5. The third-order valence-electron chi connectivity index (χ3n) is 3.23. The molecule has 0 fully saturated rings. The number of hydrogen-bond acceptors (Lipinski definition) is 2. The minimum atomic E-state index is 0.386. The number of nitrogens with zero attached hydrogens (tertiary/aromatic N) is 2. The van der Waals surface area contributed by atoms with Crippen LogP contribution in [0.2, 0.25) is 5.02 Å². The van der Waals surface area contributed by atoms with Crippen LogP contribution in [0.1, 0.15) is 37.6 Å². The van der Waals surface area contributed by atoms with Gasteiger partial charge in [0, 0.05) is 12.2 Å².